The zero-order valence-corrected chi connectivity index (χ0v) is 15.5. The molecule has 1 aliphatic rings. The summed E-state index contributed by atoms with van der Waals surface area (Å²) in [5, 5.41) is 6.70. The van der Waals surface area contributed by atoms with E-state index in [1.807, 2.05) is 24.3 Å². The first-order valence-corrected chi connectivity index (χ1v) is 9.46. The first kappa shape index (κ1) is 18.2. The number of benzene rings is 1. The number of nitrogens with zero attached hydrogens (tertiary/aromatic N) is 2. The molecule has 5 nitrogen and oxygen atoms in total. The highest BCUT2D eigenvalue weighted by molar-refractivity contribution is 5.40. The Hall–Kier alpha value is -2.56. The van der Waals surface area contributed by atoms with E-state index in [0.29, 0.717) is 5.95 Å². The lowest BCUT2D eigenvalue weighted by Gasteiger charge is -2.13. The minimum absolute atomic E-state index is 0.684. The molecule has 0 unspecified atom stereocenters. The van der Waals surface area contributed by atoms with Crippen molar-refractivity contribution in [1.29, 1.82) is 0 Å². The molecule has 3 rings (SSSR count). The Bertz CT molecular complexity index is 729. The molecule has 1 aromatic heterocycles. The summed E-state index contributed by atoms with van der Waals surface area (Å²) >= 11 is 0. The summed E-state index contributed by atoms with van der Waals surface area (Å²) in [6.07, 6.45) is 11.3. The van der Waals surface area contributed by atoms with E-state index >= 15 is 0 Å². The van der Waals surface area contributed by atoms with Crippen LogP contribution < -0.4 is 15.4 Å². The van der Waals surface area contributed by atoms with Gasteiger partial charge in [0.1, 0.15) is 11.6 Å². The van der Waals surface area contributed by atoms with Crippen LogP contribution in [0.15, 0.2) is 48.2 Å². The highest BCUT2D eigenvalue weighted by Gasteiger charge is 2.05. The normalized spacial score (nSPS) is 13.8. The third-order valence-corrected chi connectivity index (χ3v) is 4.66. The SMILES string of the molecule is COc1ccccc1CCNc1ccnc(NCCC2=CCCCC2)n1. The van der Waals surface area contributed by atoms with E-state index in [1.54, 1.807) is 18.9 Å². The molecule has 0 saturated heterocycles. The Morgan fingerprint density at radius 2 is 1.92 bits per heavy atom. The number of nitrogens with one attached hydrogen (secondary N) is 2. The second-order valence-electron chi connectivity index (χ2n) is 6.54. The second-order valence-corrected chi connectivity index (χ2v) is 6.54. The Balaban J connectivity index is 1.45. The van der Waals surface area contributed by atoms with Crippen molar-refractivity contribution in [1.82, 2.24) is 9.97 Å². The zero-order chi connectivity index (χ0) is 18.0. The molecule has 0 saturated carbocycles. The number of hydrogen-bond acceptors (Lipinski definition) is 5. The van der Waals surface area contributed by atoms with Gasteiger partial charge in [0, 0.05) is 19.3 Å². The fraction of sp³-hybridized carbons (Fsp3) is 0.429. The summed E-state index contributed by atoms with van der Waals surface area (Å²) in [4.78, 5) is 8.86. The number of para-hydroxylation sites is 1. The minimum Gasteiger partial charge on any atom is -0.496 e. The summed E-state index contributed by atoms with van der Waals surface area (Å²) in [7, 11) is 1.71. The smallest absolute Gasteiger partial charge is 0.224 e. The Morgan fingerprint density at radius 1 is 1.04 bits per heavy atom. The molecule has 2 N–H and O–H groups in total. The molecule has 138 valence electrons. The Kier molecular flexibility index (Phi) is 6.88. The standard InChI is InChI=1S/C21H28N4O/c1-26-19-10-6-5-9-18(19)12-15-22-20-13-16-24-21(25-20)23-14-11-17-7-3-2-4-8-17/h5-7,9-10,13,16H,2-4,8,11-12,14-15H2,1H3,(H2,22,23,24,25). The van der Waals surface area contributed by atoms with Crippen LogP contribution in [-0.4, -0.2) is 30.2 Å². The van der Waals surface area contributed by atoms with Crippen LogP contribution in [-0.2, 0) is 6.42 Å². The van der Waals surface area contributed by atoms with Gasteiger partial charge in [-0.25, -0.2) is 4.98 Å². The highest BCUT2D eigenvalue weighted by Crippen LogP contribution is 2.20. The number of aromatic nitrogens is 2. The van der Waals surface area contributed by atoms with Gasteiger partial charge >= 0.3 is 0 Å². The predicted octanol–water partition coefficient (Wildman–Crippen LogP) is 4.44. The average molecular weight is 352 g/mol. The van der Waals surface area contributed by atoms with E-state index in [9.17, 15) is 0 Å². The molecule has 0 aliphatic heterocycles. The molecule has 5 heteroatoms. The zero-order valence-electron chi connectivity index (χ0n) is 15.5. The van der Waals surface area contributed by atoms with Crippen LogP contribution >= 0.6 is 0 Å². The molecule has 0 atom stereocenters. The molecule has 0 fully saturated rings. The van der Waals surface area contributed by atoms with E-state index in [0.717, 1.165) is 37.5 Å². The maximum Gasteiger partial charge on any atom is 0.224 e. The summed E-state index contributed by atoms with van der Waals surface area (Å²) in [6.45, 7) is 1.68. The minimum atomic E-state index is 0.684. The fourth-order valence-corrected chi connectivity index (χ4v) is 3.24. The average Bonchev–Trinajstić information content (AvgIpc) is 2.69. The monoisotopic (exact) mass is 352 g/mol. The molecule has 0 bridgehead atoms. The van der Waals surface area contributed by atoms with Gasteiger partial charge in [0.25, 0.3) is 0 Å². The van der Waals surface area contributed by atoms with Gasteiger partial charge in [-0.15, -0.1) is 0 Å². The topological polar surface area (TPSA) is 59.1 Å². The predicted molar refractivity (Wildman–Crippen MR) is 107 cm³/mol. The highest BCUT2D eigenvalue weighted by atomic mass is 16.5. The number of allylic oxidation sites excluding steroid dienone is 1. The summed E-state index contributed by atoms with van der Waals surface area (Å²) in [5.74, 6) is 2.45. The number of rotatable bonds is 9. The summed E-state index contributed by atoms with van der Waals surface area (Å²) in [5.41, 5.74) is 2.76. The van der Waals surface area contributed by atoms with Crippen molar-refractivity contribution in [3.05, 3.63) is 53.7 Å². The molecule has 0 amide bonds. The molecule has 26 heavy (non-hydrogen) atoms. The Labute approximate surface area is 155 Å². The van der Waals surface area contributed by atoms with Crippen molar-refractivity contribution in [2.24, 2.45) is 0 Å². The molecule has 0 radical (unpaired) electrons. The van der Waals surface area contributed by atoms with Gasteiger partial charge in [0.2, 0.25) is 5.95 Å². The molecule has 1 aliphatic carbocycles. The number of hydrogen-bond donors (Lipinski definition) is 2. The molecule has 1 heterocycles. The van der Waals surface area contributed by atoms with Crippen molar-refractivity contribution < 1.29 is 4.74 Å². The van der Waals surface area contributed by atoms with Crippen LogP contribution in [0.1, 0.15) is 37.7 Å². The van der Waals surface area contributed by atoms with Crippen molar-refractivity contribution in [3.8, 4) is 5.75 Å². The van der Waals surface area contributed by atoms with Gasteiger partial charge in [-0.2, -0.15) is 4.98 Å². The summed E-state index contributed by atoms with van der Waals surface area (Å²) < 4.78 is 5.39. The lowest BCUT2D eigenvalue weighted by molar-refractivity contribution is 0.410. The second kappa shape index (κ2) is 9.80. The quantitative estimate of drug-likeness (QED) is 0.653. The molecular weight excluding hydrogens is 324 g/mol. The van der Waals surface area contributed by atoms with E-state index in [-0.39, 0.29) is 0 Å². The van der Waals surface area contributed by atoms with Crippen LogP contribution in [0.2, 0.25) is 0 Å². The number of methoxy groups -OCH3 is 1. The van der Waals surface area contributed by atoms with Gasteiger partial charge in [0.05, 0.1) is 7.11 Å². The number of anilines is 2. The van der Waals surface area contributed by atoms with E-state index in [2.05, 4.69) is 32.7 Å². The van der Waals surface area contributed by atoms with Crippen LogP contribution in [0.5, 0.6) is 5.75 Å². The first-order chi connectivity index (χ1) is 12.8. The maximum atomic E-state index is 5.39. The molecule has 2 aromatic rings. The van der Waals surface area contributed by atoms with Crippen LogP contribution in [0.3, 0.4) is 0 Å². The van der Waals surface area contributed by atoms with Crippen molar-refractivity contribution in [2.75, 3.05) is 30.8 Å². The maximum absolute atomic E-state index is 5.39. The first-order valence-electron chi connectivity index (χ1n) is 9.46. The Morgan fingerprint density at radius 3 is 2.77 bits per heavy atom. The lowest BCUT2D eigenvalue weighted by atomic mass is 9.97. The van der Waals surface area contributed by atoms with Crippen molar-refractivity contribution in [2.45, 2.75) is 38.5 Å². The van der Waals surface area contributed by atoms with E-state index in [4.69, 9.17) is 4.74 Å². The summed E-state index contributed by atoms with van der Waals surface area (Å²) in [6, 6.07) is 10.0. The van der Waals surface area contributed by atoms with Crippen molar-refractivity contribution >= 4 is 11.8 Å². The fourth-order valence-electron chi connectivity index (χ4n) is 3.24. The van der Waals surface area contributed by atoms with Gasteiger partial charge in [-0.3, -0.25) is 0 Å². The van der Waals surface area contributed by atoms with Gasteiger partial charge in [-0.1, -0.05) is 29.8 Å². The molecule has 0 spiro atoms. The van der Waals surface area contributed by atoms with Gasteiger partial charge in [0.15, 0.2) is 0 Å². The number of ether oxygens (including phenoxy) is 1. The lowest BCUT2D eigenvalue weighted by Crippen LogP contribution is -2.10. The molecular formula is C21H28N4O. The third-order valence-electron chi connectivity index (χ3n) is 4.66. The third kappa shape index (κ3) is 5.48. The van der Waals surface area contributed by atoms with Gasteiger partial charge in [-0.05, 0) is 56.2 Å². The van der Waals surface area contributed by atoms with E-state index in [1.165, 1.54) is 31.2 Å². The van der Waals surface area contributed by atoms with Crippen LogP contribution in [0.25, 0.3) is 0 Å². The largest absolute Gasteiger partial charge is 0.496 e. The van der Waals surface area contributed by atoms with Crippen LogP contribution in [0.4, 0.5) is 11.8 Å². The van der Waals surface area contributed by atoms with E-state index < -0.39 is 0 Å². The van der Waals surface area contributed by atoms with Crippen LogP contribution in [0, 0.1) is 0 Å². The van der Waals surface area contributed by atoms with Gasteiger partial charge < -0.3 is 15.4 Å². The van der Waals surface area contributed by atoms with Crippen molar-refractivity contribution in [3.63, 3.8) is 0 Å². The molecule has 1 aromatic carbocycles.